The minimum Gasteiger partial charge on any atom is -0.444 e. The predicted molar refractivity (Wildman–Crippen MR) is 159 cm³/mol. The number of nitrogens with one attached hydrogen (secondary N) is 2. The third-order valence-corrected chi connectivity index (χ3v) is 7.11. The summed E-state index contributed by atoms with van der Waals surface area (Å²) in [7, 11) is 0. The van der Waals surface area contributed by atoms with Crippen LogP contribution in [0.15, 0.2) is 35.3 Å². The molecule has 0 unspecified atom stereocenters. The van der Waals surface area contributed by atoms with E-state index in [0.717, 1.165) is 5.56 Å². The number of urea groups is 1. The Hall–Kier alpha value is -3.91. The second-order valence-electron chi connectivity index (χ2n) is 13.1. The highest BCUT2D eigenvalue weighted by molar-refractivity contribution is 5.99. The first-order valence-corrected chi connectivity index (χ1v) is 15.0. The summed E-state index contributed by atoms with van der Waals surface area (Å²) in [4.78, 5) is 69.8. The van der Waals surface area contributed by atoms with Crippen molar-refractivity contribution in [3.8, 4) is 0 Å². The van der Waals surface area contributed by atoms with Gasteiger partial charge in [0.25, 0.3) is 5.91 Å². The lowest BCUT2D eigenvalue weighted by atomic mass is 10.0. The fraction of sp³-hybridized carbons (Fsp3) is 0.633. The van der Waals surface area contributed by atoms with E-state index in [0.29, 0.717) is 45.3 Å². The zero-order chi connectivity index (χ0) is 32.1. The van der Waals surface area contributed by atoms with Gasteiger partial charge in [0.05, 0.1) is 12.1 Å². The minimum atomic E-state index is -0.843. The van der Waals surface area contributed by atoms with E-state index >= 15 is 0 Å². The third kappa shape index (κ3) is 9.29. The molecule has 242 valence electrons. The Balaban J connectivity index is 1.27. The lowest BCUT2D eigenvalue weighted by Gasteiger charge is -2.34. The number of guanidine groups is 1. The Bertz CT molecular complexity index is 1220. The van der Waals surface area contributed by atoms with Crippen LogP contribution in [0.5, 0.6) is 0 Å². The van der Waals surface area contributed by atoms with Crippen molar-refractivity contribution in [3.63, 3.8) is 0 Å². The van der Waals surface area contributed by atoms with Crippen LogP contribution in [-0.2, 0) is 30.6 Å². The number of carbonyl (C=O) groups is 4. The number of fused-ring (bicyclic) bond motifs is 2. The van der Waals surface area contributed by atoms with Crippen LogP contribution in [0.25, 0.3) is 0 Å². The maximum Gasteiger partial charge on any atom is 0.437 e. The molecule has 3 saturated heterocycles. The smallest absolute Gasteiger partial charge is 0.437 e. The van der Waals surface area contributed by atoms with Crippen LogP contribution in [0.1, 0.15) is 72.8 Å². The van der Waals surface area contributed by atoms with Crippen molar-refractivity contribution in [1.29, 1.82) is 0 Å². The number of hydrogen-bond donors (Lipinski definition) is 2. The van der Waals surface area contributed by atoms with Crippen LogP contribution in [0.2, 0.25) is 0 Å². The first-order valence-electron chi connectivity index (χ1n) is 15.0. The number of piperidine rings is 2. The fourth-order valence-corrected chi connectivity index (χ4v) is 5.13. The SMILES string of the molecule is CC(C)(C)OC(=O)/N=C(/NC(=O)OC(C)(C)C)N1CCC(ONC(=O)[C@@H]2CC[C@H]3CN2C(=O)N3OCc2ccccc2)CC1. The highest BCUT2D eigenvalue weighted by Gasteiger charge is 2.48. The Morgan fingerprint density at radius 1 is 0.932 bits per heavy atom. The van der Waals surface area contributed by atoms with Crippen molar-refractivity contribution in [1.82, 2.24) is 25.7 Å². The number of nitrogens with zero attached hydrogens (tertiary/aromatic N) is 4. The maximum atomic E-state index is 13.1. The molecule has 0 saturated carbocycles. The predicted octanol–water partition coefficient (Wildman–Crippen LogP) is 3.71. The Labute approximate surface area is 257 Å². The first-order chi connectivity index (χ1) is 20.7. The van der Waals surface area contributed by atoms with Crippen LogP contribution < -0.4 is 10.8 Å². The van der Waals surface area contributed by atoms with Crippen molar-refractivity contribution in [2.24, 2.45) is 4.99 Å². The molecule has 3 heterocycles. The number of likely N-dealkylation sites (tertiary alicyclic amines) is 1. The number of aliphatic imine (C=N–C) groups is 1. The van der Waals surface area contributed by atoms with Crippen molar-refractivity contribution in [2.75, 3.05) is 19.6 Å². The highest BCUT2D eigenvalue weighted by Crippen LogP contribution is 2.30. The van der Waals surface area contributed by atoms with E-state index < -0.39 is 29.4 Å². The van der Waals surface area contributed by atoms with Crippen LogP contribution >= 0.6 is 0 Å². The molecule has 5 amide bonds. The van der Waals surface area contributed by atoms with Gasteiger partial charge in [-0.1, -0.05) is 30.3 Å². The monoisotopic (exact) mass is 616 g/mol. The molecule has 0 aromatic heterocycles. The summed E-state index contributed by atoms with van der Waals surface area (Å²) < 4.78 is 10.6. The van der Waals surface area contributed by atoms with Gasteiger partial charge in [0.2, 0.25) is 5.96 Å². The van der Waals surface area contributed by atoms with Gasteiger partial charge in [-0.25, -0.2) is 19.9 Å². The molecular formula is C30H44N6O8. The second kappa shape index (κ2) is 13.8. The summed E-state index contributed by atoms with van der Waals surface area (Å²) in [6.07, 6.45) is 0.162. The standard InChI is InChI=1S/C30H44N6O8/c1-29(2,3)42-26(38)31-25(32-27(39)43-30(4,5)6)34-16-14-22(15-17-34)44-33-24(37)23-13-12-21-18-35(23)28(40)36(21)41-19-20-10-8-7-9-11-20/h7-11,21-23H,12-19H2,1-6H3,(H,33,37)(H,31,32,38,39)/t21-,23-/m0/s1. The van der Waals surface area contributed by atoms with Crippen molar-refractivity contribution in [3.05, 3.63) is 35.9 Å². The number of ether oxygens (including phenoxy) is 2. The third-order valence-electron chi connectivity index (χ3n) is 7.11. The molecule has 0 aliphatic carbocycles. The summed E-state index contributed by atoms with van der Waals surface area (Å²) in [6, 6.07) is 8.50. The van der Waals surface area contributed by atoms with Crippen molar-refractivity contribution >= 4 is 30.1 Å². The van der Waals surface area contributed by atoms with Gasteiger partial charge in [-0.05, 0) is 72.8 Å². The number of benzene rings is 1. The number of alkyl carbamates (subject to hydrolysis) is 1. The van der Waals surface area contributed by atoms with Crippen LogP contribution in [0.4, 0.5) is 14.4 Å². The molecule has 2 atom stereocenters. The second-order valence-corrected chi connectivity index (χ2v) is 13.1. The van der Waals surface area contributed by atoms with Gasteiger partial charge in [0.15, 0.2) is 0 Å². The molecule has 0 radical (unpaired) electrons. The molecule has 14 heteroatoms. The summed E-state index contributed by atoms with van der Waals surface area (Å²) in [5.74, 6) is -0.373. The van der Waals surface area contributed by atoms with Gasteiger partial charge < -0.3 is 19.3 Å². The van der Waals surface area contributed by atoms with Crippen molar-refractivity contribution < 1.29 is 38.3 Å². The molecule has 4 rings (SSSR count). The molecule has 2 bridgehead atoms. The number of hydroxylamine groups is 3. The summed E-state index contributed by atoms with van der Waals surface area (Å²) >= 11 is 0. The van der Waals surface area contributed by atoms with Crippen LogP contribution in [0, 0.1) is 0 Å². The topological polar surface area (TPSA) is 151 Å². The van der Waals surface area contributed by atoms with E-state index in [1.54, 1.807) is 46.4 Å². The fourth-order valence-electron chi connectivity index (χ4n) is 5.13. The molecule has 0 spiro atoms. The zero-order valence-corrected chi connectivity index (χ0v) is 26.3. The minimum absolute atomic E-state index is 0.0133. The Kier molecular flexibility index (Phi) is 10.4. The average molecular weight is 617 g/mol. The largest absolute Gasteiger partial charge is 0.444 e. The summed E-state index contributed by atoms with van der Waals surface area (Å²) in [5.41, 5.74) is 2.00. The quantitative estimate of drug-likeness (QED) is 0.277. The Morgan fingerprint density at radius 3 is 2.23 bits per heavy atom. The molecule has 2 N–H and O–H groups in total. The summed E-state index contributed by atoms with van der Waals surface area (Å²) in [6.45, 7) is 11.8. The maximum absolute atomic E-state index is 13.1. The van der Waals surface area contributed by atoms with E-state index in [9.17, 15) is 19.2 Å². The molecule has 3 fully saturated rings. The number of amides is 5. The lowest BCUT2D eigenvalue weighted by Crippen LogP contribution is -2.52. The van der Waals surface area contributed by atoms with E-state index in [4.69, 9.17) is 19.1 Å². The van der Waals surface area contributed by atoms with E-state index in [1.165, 1.54) is 9.96 Å². The number of carbonyl (C=O) groups excluding carboxylic acids is 4. The van der Waals surface area contributed by atoms with Crippen molar-refractivity contribution in [2.45, 2.75) is 103 Å². The van der Waals surface area contributed by atoms with E-state index in [2.05, 4.69) is 15.8 Å². The normalized spacial score (nSPS) is 21.3. The van der Waals surface area contributed by atoms with E-state index in [-0.39, 0.29) is 36.7 Å². The van der Waals surface area contributed by atoms with Gasteiger partial charge in [0, 0.05) is 19.6 Å². The van der Waals surface area contributed by atoms with Gasteiger partial charge in [-0.2, -0.15) is 5.06 Å². The van der Waals surface area contributed by atoms with Gasteiger partial charge in [-0.3, -0.25) is 19.8 Å². The van der Waals surface area contributed by atoms with Crippen LogP contribution in [0.3, 0.4) is 0 Å². The lowest BCUT2D eigenvalue weighted by molar-refractivity contribution is -0.146. The van der Waals surface area contributed by atoms with Gasteiger partial charge >= 0.3 is 18.2 Å². The molecule has 3 aliphatic rings. The Morgan fingerprint density at radius 2 is 1.59 bits per heavy atom. The number of hydrogen-bond acceptors (Lipinski definition) is 8. The zero-order valence-electron chi connectivity index (χ0n) is 26.3. The molecule has 1 aromatic rings. The van der Waals surface area contributed by atoms with E-state index in [1.807, 2.05) is 30.3 Å². The van der Waals surface area contributed by atoms with Crippen LogP contribution in [-0.4, -0.2) is 94.0 Å². The molecular weight excluding hydrogens is 572 g/mol. The molecule has 44 heavy (non-hydrogen) atoms. The highest BCUT2D eigenvalue weighted by atomic mass is 16.7. The molecule has 1 aromatic carbocycles. The molecule has 3 aliphatic heterocycles. The molecule has 14 nitrogen and oxygen atoms in total. The summed E-state index contributed by atoms with van der Waals surface area (Å²) in [5, 5.41) is 3.95. The first kappa shape index (κ1) is 33.0. The number of rotatable bonds is 6. The van der Waals surface area contributed by atoms with Gasteiger partial charge in [0.1, 0.15) is 23.9 Å². The van der Waals surface area contributed by atoms with Gasteiger partial charge in [-0.15, -0.1) is 4.99 Å². The average Bonchev–Trinajstić information content (AvgIpc) is 3.17.